The Bertz CT molecular complexity index is 550. The molecule has 0 saturated carbocycles. The van der Waals surface area contributed by atoms with Crippen molar-refractivity contribution < 1.29 is 4.74 Å². The normalized spacial score (nSPS) is 10.8. The Hall–Kier alpha value is -1.94. The van der Waals surface area contributed by atoms with Gasteiger partial charge in [-0.15, -0.1) is 0 Å². The van der Waals surface area contributed by atoms with Gasteiger partial charge in [0.2, 0.25) is 5.88 Å². The summed E-state index contributed by atoms with van der Waals surface area (Å²) >= 11 is 0. The lowest BCUT2D eigenvalue weighted by atomic mass is 10.1. The molecule has 0 unspecified atom stereocenters. The van der Waals surface area contributed by atoms with Crippen molar-refractivity contribution in [2.45, 2.75) is 33.2 Å². The van der Waals surface area contributed by atoms with E-state index in [4.69, 9.17) is 10.5 Å². The quantitative estimate of drug-likeness (QED) is 0.914. The summed E-state index contributed by atoms with van der Waals surface area (Å²) in [5.74, 6) is 1.59. The maximum atomic E-state index is 5.74. The zero-order chi connectivity index (χ0) is 13.8. The van der Waals surface area contributed by atoms with E-state index in [0.29, 0.717) is 24.1 Å². The molecule has 2 aromatic heterocycles. The van der Waals surface area contributed by atoms with E-state index in [1.165, 1.54) is 0 Å². The van der Waals surface area contributed by atoms with E-state index in [2.05, 4.69) is 23.8 Å². The Balaban J connectivity index is 2.28. The first kappa shape index (κ1) is 13.5. The van der Waals surface area contributed by atoms with Crippen LogP contribution in [0.1, 0.15) is 36.7 Å². The van der Waals surface area contributed by atoms with Gasteiger partial charge in [-0.3, -0.25) is 4.98 Å². The molecule has 0 amide bonds. The van der Waals surface area contributed by atoms with Gasteiger partial charge in [-0.05, 0) is 36.6 Å². The first-order valence-electron chi connectivity index (χ1n) is 6.40. The van der Waals surface area contributed by atoms with E-state index >= 15 is 0 Å². The molecule has 0 aromatic carbocycles. The van der Waals surface area contributed by atoms with Gasteiger partial charge in [0, 0.05) is 24.0 Å². The molecule has 2 rings (SSSR count). The van der Waals surface area contributed by atoms with Crippen LogP contribution in [0, 0.1) is 6.92 Å². The maximum Gasteiger partial charge on any atom is 0.219 e. The molecule has 2 heterocycles. The minimum absolute atomic E-state index is 0.338. The summed E-state index contributed by atoms with van der Waals surface area (Å²) in [6.45, 7) is 6.61. The molecular weight excluding hydrogens is 238 g/mol. The molecule has 0 radical (unpaired) electrons. The highest BCUT2D eigenvalue weighted by Crippen LogP contribution is 2.23. The number of nitrogens with zero attached hydrogens (tertiary/aromatic N) is 2. The number of nitrogens with two attached hydrogens (primary N) is 1. The van der Waals surface area contributed by atoms with Crippen molar-refractivity contribution >= 4 is 0 Å². The second kappa shape index (κ2) is 5.80. The number of aryl methyl sites for hydroxylation is 1. The van der Waals surface area contributed by atoms with Crippen LogP contribution in [0.25, 0.3) is 0 Å². The third-order valence-electron chi connectivity index (χ3n) is 2.82. The molecule has 2 N–H and O–H groups in total. The van der Waals surface area contributed by atoms with Crippen LogP contribution in [0.15, 0.2) is 30.5 Å². The van der Waals surface area contributed by atoms with Crippen LogP contribution >= 0.6 is 0 Å². The Morgan fingerprint density at radius 1 is 1.26 bits per heavy atom. The molecule has 0 spiro atoms. The topological polar surface area (TPSA) is 61.0 Å². The summed E-state index contributed by atoms with van der Waals surface area (Å²) in [7, 11) is 0. The smallest absolute Gasteiger partial charge is 0.219 e. The highest BCUT2D eigenvalue weighted by molar-refractivity contribution is 5.30. The first-order valence-corrected chi connectivity index (χ1v) is 6.40. The Labute approximate surface area is 113 Å². The van der Waals surface area contributed by atoms with Crippen LogP contribution in [0.2, 0.25) is 0 Å². The fraction of sp³-hybridized carbons (Fsp3) is 0.333. The van der Waals surface area contributed by atoms with Gasteiger partial charge < -0.3 is 10.5 Å². The molecule has 0 fully saturated rings. The maximum absolute atomic E-state index is 5.74. The second-order valence-electron chi connectivity index (χ2n) is 4.83. The third-order valence-corrected chi connectivity index (χ3v) is 2.82. The fourth-order valence-corrected chi connectivity index (χ4v) is 1.68. The summed E-state index contributed by atoms with van der Waals surface area (Å²) in [5.41, 5.74) is 8.67. The highest BCUT2D eigenvalue weighted by atomic mass is 16.5. The molecule has 0 bridgehead atoms. The predicted molar refractivity (Wildman–Crippen MR) is 75.3 cm³/mol. The number of ether oxygens (including phenoxy) is 1. The van der Waals surface area contributed by atoms with Crippen LogP contribution in [0.5, 0.6) is 11.6 Å². The van der Waals surface area contributed by atoms with E-state index in [1.54, 1.807) is 6.20 Å². The molecule has 2 aromatic rings. The third kappa shape index (κ3) is 3.51. The molecule has 0 aliphatic heterocycles. The van der Waals surface area contributed by atoms with Gasteiger partial charge in [-0.2, -0.15) is 0 Å². The summed E-state index contributed by atoms with van der Waals surface area (Å²) in [5, 5.41) is 0. The van der Waals surface area contributed by atoms with Crippen LogP contribution < -0.4 is 10.5 Å². The van der Waals surface area contributed by atoms with E-state index in [9.17, 15) is 0 Å². The summed E-state index contributed by atoms with van der Waals surface area (Å²) in [4.78, 5) is 8.69. The standard InChI is InChI=1S/C15H19N3O/c1-10(2)14-6-12(8-16)7-15(18-14)19-13-5-4-11(3)17-9-13/h4-7,9-10H,8,16H2,1-3H3. The van der Waals surface area contributed by atoms with Crippen LogP contribution in [-0.4, -0.2) is 9.97 Å². The van der Waals surface area contributed by atoms with Crippen molar-refractivity contribution in [1.82, 2.24) is 9.97 Å². The Morgan fingerprint density at radius 2 is 2.05 bits per heavy atom. The lowest BCUT2D eigenvalue weighted by molar-refractivity contribution is 0.456. The van der Waals surface area contributed by atoms with Gasteiger partial charge in [0.05, 0.1) is 6.20 Å². The molecule has 19 heavy (non-hydrogen) atoms. The molecular formula is C15H19N3O. The summed E-state index contributed by atoms with van der Waals surface area (Å²) < 4.78 is 5.74. The SMILES string of the molecule is Cc1ccc(Oc2cc(CN)cc(C(C)C)n2)cn1. The average Bonchev–Trinajstić information content (AvgIpc) is 2.41. The van der Waals surface area contributed by atoms with Gasteiger partial charge in [0.15, 0.2) is 0 Å². The fourth-order valence-electron chi connectivity index (χ4n) is 1.68. The van der Waals surface area contributed by atoms with E-state index in [-0.39, 0.29) is 0 Å². The summed E-state index contributed by atoms with van der Waals surface area (Å²) in [6, 6.07) is 7.68. The van der Waals surface area contributed by atoms with Crippen molar-refractivity contribution in [2.75, 3.05) is 0 Å². The Morgan fingerprint density at radius 3 is 2.63 bits per heavy atom. The molecule has 4 heteroatoms. The first-order chi connectivity index (χ1) is 9.08. The number of rotatable bonds is 4. The van der Waals surface area contributed by atoms with E-state index < -0.39 is 0 Å². The number of hydrogen-bond acceptors (Lipinski definition) is 4. The second-order valence-corrected chi connectivity index (χ2v) is 4.83. The molecule has 4 nitrogen and oxygen atoms in total. The molecule has 0 aliphatic rings. The van der Waals surface area contributed by atoms with E-state index in [1.807, 2.05) is 31.2 Å². The lowest BCUT2D eigenvalue weighted by Crippen LogP contribution is -2.02. The predicted octanol–water partition coefficient (Wildman–Crippen LogP) is 3.16. The van der Waals surface area contributed by atoms with Crippen molar-refractivity contribution in [3.05, 3.63) is 47.4 Å². The monoisotopic (exact) mass is 257 g/mol. The van der Waals surface area contributed by atoms with Gasteiger partial charge in [-0.1, -0.05) is 13.8 Å². The van der Waals surface area contributed by atoms with Gasteiger partial charge in [0.1, 0.15) is 5.75 Å². The minimum atomic E-state index is 0.338. The molecule has 100 valence electrons. The van der Waals surface area contributed by atoms with Crippen molar-refractivity contribution in [2.24, 2.45) is 5.73 Å². The van der Waals surface area contributed by atoms with Crippen molar-refractivity contribution in [3.63, 3.8) is 0 Å². The van der Waals surface area contributed by atoms with Gasteiger partial charge >= 0.3 is 0 Å². The van der Waals surface area contributed by atoms with Gasteiger partial charge in [-0.25, -0.2) is 4.98 Å². The van der Waals surface area contributed by atoms with Crippen molar-refractivity contribution in [1.29, 1.82) is 0 Å². The highest BCUT2D eigenvalue weighted by Gasteiger charge is 2.07. The van der Waals surface area contributed by atoms with Gasteiger partial charge in [0.25, 0.3) is 0 Å². The number of pyridine rings is 2. The number of aromatic nitrogens is 2. The zero-order valence-electron chi connectivity index (χ0n) is 11.6. The van der Waals surface area contributed by atoms with E-state index in [0.717, 1.165) is 17.0 Å². The van der Waals surface area contributed by atoms with Crippen molar-refractivity contribution in [3.8, 4) is 11.6 Å². The largest absolute Gasteiger partial charge is 0.437 e. The van der Waals surface area contributed by atoms with Crippen LogP contribution in [-0.2, 0) is 6.54 Å². The molecule has 0 saturated heterocycles. The molecule has 0 aliphatic carbocycles. The lowest BCUT2D eigenvalue weighted by Gasteiger charge is -2.11. The Kier molecular flexibility index (Phi) is 4.12. The average molecular weight is 257 g/mol. The minimum Gasteiger partial charge on any atom is -0.437 e. The summed E-state index contributed by atoms with van der Waals surface area (Å²) in [6.07, 6.45) is 1.70. The number of hydrogen-bond donors (Lipinski definition) is 1. The zero-order valence-corrected chi connectivity index (χ0v) is 11.6. The molecule has 0 atom stereocenters. The van der Waals surface area contributed by atoms with Crippen LogP contribution in [0.4, 0.5) is 0 Å². The van der Waals surface area contributed by atoms with Crippen LogP contribution in [0.3, 0.4) is 0 Å².